The lowest BCUT2D eigenvalue weighted by Crippen LogP contribution is -2.51. The molecule has 1 aromatic carbocycles. The van der Waals surface area contributed by atoms with Gasteiger partial charge in [0.2, 0.25) is 11.8 Å². The van der Waals surface area contributed by atoms with E-state index in [4.69, 9.17) is 4.74 Å². The van der Waals surface area contributed by atoms with Crippen LogP contribution in [0.4, 0.5) is 5.69 Å². The van der Waals surface area contributed by atoms with Crippen LogP contribution in [0.5, 0.6) is 0 Å². The van der Waals surface area contributed by atoms with Crippen molar-refractivity contribution >= 4 is 17.5 Å². The molecule has 0 aromatic heterocycles. The van der Waals surface area contributed by atoms with Gasteiger partial charge in [-0.3, -0.25) is 14.9 Å². The Morgan fingerprint density at radius 3 is 2.76 bits per heavy atom. The third-order valence-electron chi connectivity index (χ3n) is 5.30. The van der Waals surface area contributed by atoms with Gasteiger partial charge in [0.05, 0.1) is 12.6 Å². The van der Waals surface area contributed by atoms with E-state index >= 15 is 0 Å². The molecule has 2 aliphatic rings. The van der Waals surface area contributed by atoms with Crippen LogP contribution in [0.25, 0.3) is 0 Å². The summed E-state index contributed by atoms with van der Waals surface area (Å²) in [5.41, 5.74) is 1.81. The number of para-hydroxylation sites is 1. The summed E-state index contributed by atoms with van der Waals surface area (Å²) in [4.78, 5) is 24.6. The van der Waals surface area contributed by atoms with Crippen molar-refractivity contribution in [3.8, 4) is 0 Å². The summed E-state index contributed by atoms with van der Waals surface area (Å²) in [7, 11) is 0. The number of anilines is 1. The number of nitrogens with one attached hydrogen (secondary N) is 3. The molecule has 1 spiro atoms. The van der Waals surface area contributed by atoms with E-state index in [-0.39, 0.29) is 29.8 Å². The van der Waals surface area contributed by atoms with Gasteiger partial charge in [0, 0.05) is 30.9 Å². The van der Waals surface area contributed by atoms with Gasteiger partial charge in [0.1, 0.15) is 0 Å². The van der Waals surface area contributed by atoms with Crippen molar-refractivity contribution < 1.29 is 14.3 Å². The highest BCUT2D eigenvalue weighted by Crippen LogP contribution is 2.37. The maximum absolute atomic E-state index is 12.4. The Kier molecular flexibility index (Phi) is 5.39. The summed E-state index contributed by atoms with van der Waals surface area (Å²) in [5, 5.41) is 9.08. The van der Waals surface area contributed by atoms with E-state index in [0.717, 1.165) is 24.1 Å². The molecule has 2 aliphatic heterocycles. The molecule has 1 unspecified atom stereocenters. The number of hydrogen-bond donors (Lipinski definition) is 3. The molecule has 1 atom stereocenters. The smallest absolute Gasteiger partial charge is 0.238 e. The number of rotatable bonds is 5. The number of ether oxygens (including phenoxy) is 1. The molecule has 0 saturated carbocycles. The fourth-order valence-corrected chi connectivity index (χ4v) is 3.80. The molecule has 6 heteroatoms. The molecule has 0 bridgehead atoms. The molecular formula is C19H27N3O3. The van der Waals surface area contributed by atoms with E-state index in [1.807, 2.05) is 24.3 Å². The topological polar surface area (TPSA) is 79.5 Å². The lowest BCUT2D eigenvalue weighted by molar-refractivity contribution is -0.123. The predicted molar refractivity (Wildman–Crippen MR) is 96.4 cm³/mol. The zero-order valence-electron chi connectivity index (χ0n) is 14.9. The van der Waals surface area contributed by atoms with Gasteiger partial charge in [-0.05, 0) is 30.4 Å². The van der Waals surface area contributed by atoms with E-state index in [1.54, 1.807) is 0 Å². The lowest BCUT2D eigenvalue weighted by atomic mass is 9.76. The van der Waals surface area contributed by atoms with Crippen molar-refractivity contribution in [2.45, 2.75) is 38.6 Å². The summed E-state index contributed by atoms with van der Waals surface area (Å²) in [5.74, 6) is 0.183. The lowest BCUT2D eigenvalue weighted by Gasteiger charge is -2.36. The molecule has 0 aliphatic carbocycles. The molecule has 2 saturated heterocycles. The Morgan fingerprint density at radius 1 is 1.32 bits per heavy atom. The minimum atomic E-state index is -0.331. The summed E-state index contributed by atoms with van der Waals surface area (Å²) in [6, 6.07) is 7.49. The third kappa shape index (κ3) is 3.85. The number of carbonyl (C=O) groups is 2. The largest absolute Gasteiger partial charge is 0.381 e. The van der Waals surface area contributed by atoms with Crippen molar-refractivity contribution in [2.75, 3.05) is 31.6 Å². The van der Waals surface area contributed by atoms with Crippen LogP contribution in [0.1, 0.15) is 38.2 Å². The molecule has 3 rings (SSSR count). The average Bonchev–Trinajstić information content (AvgIpc) is 2.89. The van der Waals surface area contributed by atoms with Crippen LogP contribution in [0.2, 0.25) is 0 Å². The first-order valence-electron chi connectivity index (χ1n) is 8.99. The van der Waals surface area contributed by atoms with Gasteiger partial charge < -0.3 is 15.4 Å². The molecule has 6 nitrogen and oxygen atoms in total. The van der Waals surface area contributed by atoms with Gasteiger partial charge >= 0.3 is 0 Å². The Morgan fingerprint density at radius 2 is 2.04 bits per heavy atom. The number of carbonyl (C=O) groups excluding carboxylic acids is 2. The van der Waals surface area contributed by atoms with Crippen molar-refractivity contribution in [3.63, 3.8) is 0 Å². The first-order valence-corrected chi connectivity index (χ1v) is 8.99. The maximum Gasteiger partial charge on any atom is 0.238 e. The fourth-order valence-electron chi connectivity index (χ4n) is 3.80. The Balaban J connectivity index is 1.61. The molecule has 2 fully saturated rings. The minimum absolute atomic E-state index is 0.0164. The second-order valence-corrected chi connectivity index (χ2v) is 7.30. The van der Waals surface area contributed by atoms with Crippen LogP contribution in [0.15, 0.2) is 24.3 Å². The monoisotopic (exact) mass is 345 g/mol. The van der Waals surface area contributed by atoms with Gasteiger partial charge in [-0.2, -0.15) is 0 Å². The number of benzene rings is 1. The molecule has 25 heavy (non-hydrogen) atoms. The van der Waals surface area contributed by atoms with Crippen LogP contribution < -0.4 is 16.0 Å². The van der Waals surface area contributed by atoms with E-state index in [9.17, 15) is 9.59 Å². The second-order valence-electron chi connectivity index (χ2n) is 7.30. The van der Waals surface area contributed by atoms with Gasteiger partial charge in [-0.25, -0.2) is 0 Å². The van der Waals surface area contributed by atoms with E-state index in [1.165, 1.54) is 0 Å². The van der Waals surface area contributed by atoms with Crippen molar-refractivity contribution in [1.82, 2.24) is 10.6 Å². The highest BCUT2D eigenvalue weighted by atomic mass is 16.5. The van der Waals surface area contributed by atoms with Crippen LogP contribution in [-0.4, -0.2) is 44.2 Å². The van der Waals surface area contributed by atoms with E-state index in [0.29, 0.717) is 25.7 Å². The molecule has 3 N–H and O–H groups in total. The molecule has 2 heterocycles. The summed E-state index contributed by atoms with van der Waals surface area (Å²) in [6.45, 7) is 6.31. The predicted octanol–water partition coefficient (Wildman–Crippen LogP) is 1.63. The fraction of sp³-hybridized carbons (Fsp3) is 0.579. The zero-order chi connectivity index (χ0) is 17.9. The minimum Gasteiger partial charge on any atom is -0.381 e. The normalized spacial score (nSPS) is 22.2. The van der Waals surface area contributed by atoms with Crippen molar-refractivity contribution in [1.29, 1.82) is 0 Å². The maximum atomic E-state index is 12.4. The van der Waals surface area contributed by atoms with Crippen LogP contribution >= 0.6 is 0 Å². The zero-order valence-corrected chi connectivity index (χ0v) is 14.9. The first-order chi connectivity index (χ1) is 12.0. The van der Waals surface area contributed by atoms with E-state index < -0.39 is 0 Å². The number of hydrogen-bond acceptors (Lipinski definition) is 4. The van der Waals surface area contributed by atoms with E-state index in [2.05, 4.69) is 29.8 Å². The summed E-state index contributed by atoms with van der Waals surface area (Å²) in [6.07, 6.45) is 1.67. The average molecular weight is 345 g/mol. The SMILES string of the molecule is CC(C)c1ccccc1NC(=O)CNC1C(=O)NCC12CCOCC2. The standard InChI is InChI=1S/C19H27N3O3/c1-13(2)14-5-3-4-6-15(14)22-16(23)11-20-17-18(24)21-12-19(17)7-9-25-10-8-19/h3-6,13,17,20H,7-12H2,1-2H3,(H,21,24)(H,22,23). The van der Waals surface area contributed by atoms with Crippen LogP contribution in [0.3, 0.4) is 0 Å². The Bertz CT molecular complexity index is 639. The molecule has 1 aromatic rings. The van der Waals surface area contributed by atoms with Gasteiger partial charge in [-0.15, -0.1) is 0 Å². The summed E-state index contributed by atoms with van der Waals surface area (Å²) >= 11 is 0. The number of amides is 2. The molecule has 136 valence electrons. The quantitative estimate of drug-likeness (QED) is 0.758. The highest BCUT2D eigenvalue weighted by Gasteiger charge is 2.48. The van der Waals surface area contributed by atoms with Crippen molar-refractivity contribution in [3.05, 3.63) is 29.8 Å². The van der Waals surface area contributed by atoms with Gasteiger partial charge in [0.25, 0.3) is 0 Å². The third-order valence-corrected chi connectivity index (χ3v) is 5.30. The Labute approximate surface area is 148 Å². The molecule has 2 amide bonds. The van der Waals surface area contributed by atoms with Crippen LogP contribution in [0, 0.1) is 5.41 Å². The molecule has 0 radical (unpaired) electrons. The summed E-state index contributed by atoms with van der Waals surface area (Å²) < 4.78 is 5.43. The van der Waals surface area contributed by atoms with Gasteiger partial charge in [-0.1, -0.05) is 32.0 Å². The first kappa shape index (κ1) is 17.9. The molecular weight excluding hydrogens is 318 g/mol. The van der Waals surface area contributed by atoms with Crippen LogP contribution in [-0.2, 0) is 14.3 Å². The van der Waals surface area contributed by atoms with Crippen molar-refractivity contribution in [2.24, 2.45) is 5.41 Å². The Hall–Kier alpha value is -1.92. The highest BCUT2D eigenvalue weighted by molar-refractivity contribution is 5.94. The second kappa shape index (κ2) is 7.54. The van der Waals surface area contributed by atoms with Gasteiger partial charge in [0.15, 0.2) is 0 Å².